The van der Waals surface area contributed by atoms with E-state index in [1.165, 1.54) is 44.2 Å². The molecule has 4 rings (SSSR count). The minimum Gasteiger partial charge on any atom is -0.313 e. The lowest BCUT2D eigenvalue weighted by Gasteiger charge is -2.50. The van der Waals surface area contributed by atoms with Gasteiger partial charge in [-0.15, -0.1) is 0 Å². The highest BCUT2D eigenvalue weighted by molar-refractivity contribution is 6.46. The van der Waals surface area contributed by atoms with Crippen LogP contribution in [0, 0.1) is 5.92 Å². The second-order valence-electron chi connectivity index (χ2n) is 7.93. The van der Waals surface area contributed by atoms with Gasteiger partial charge in [0.1, 0.15) is 7.28 Å². The molecule has 0 spiro atoms. The molecule has 0 aromatic heterocycles. The zero-order chi connectivity index (χ0) is 14.5. The van der Waals surface area contributed by atoms with Gasteiger partial charge in [-0.05, 0) is 44.6 Å². The zero-order valence-electron chi connectivity index (χ0n) is 13.5. The van der Waals surface area contributed by atoms with E-state index >= 15 is 0 Å². The zero-order valence-corrected chi connectivity index (χ0v) is 13.5. The molecule has 0 saturated carbocycles. The molecule has 0 N–H and O–H groups in total. The van der Waals surface area contributed by atoms with Gasteiger partial charge in [-0.3, -0.25) is 4.79 Å². The van der Waals surface area contributed by atoms with Gasteiger partial charge in [0.25, 0.3) is 0 Å². The van der Waals surface area contributed by atoms with Crippen LogP contribution in [0.2, 0.25) is 11.1 Å². The smallest absolute Gasteiger partial charge is 0.231 e. The molecule has 2 nitrogen and oxygen atoms in total. The first-order valence-corrected chi connectivity index (χ1v) is 8.46. The second-order valence-corrected chi connectivity index (χ2v) is 7.93. The topological polar surface area (TPSA) is 20.3 Å². The van der Waals surface area contributed by atoms with E-state index in [0.717, 1.165) is 18.2 Å². The molecule has 20 heavy (non-hydrogen) atoms. The fourth-order valence-corrected chi connectivity index (χ4v) is 4.93. The maximum absolute atomic E-state index is 12.3. The van der Waals surface area contributed by atoms with Crippen molar-refractivity contribution in [3.63, 3.8) is 0 Å². The van der Waals surface area contributed by atoms with Crippen molar-refractivity contribution in [1.29, 1.82) is 0 Å². The van der Waals surface area contributed by atoms with E-state index in [9.17, 15) is 4.79 Å². The molecule has 3 heterocycles. The summed E-state index contributed by atoms with van der Waals surface area (Å²) in [6.07, 6.45) is 7.05. The molecule has 0 aromatic rings. The molecule has 0 aromatic carbocycles. The first-order valence-electron chi connectivity index (χ1n) is 8.46. The fourth-order valence-electron chi connectivity index (χ4n) is 4.93. The number of hydrogen-bond donors (Lipinski definition) is 0. The van der Waals surface area contributed by atoms with Crippen LogP contribution in [-0.4, -0.2) is 24.1 Å². The molecular weight excluding hydrogens is 245 g/mol. The molecule has 1 saturated heterocycles. The number of hydrogen-bond acceptors (Lipinski definition) is 1. The molecule has 110 valence electrons. The van der Waals surface area contributed by atoms with Gasteiger partial charge in [0, 0.05) is 11.7 Å². The summed E-state index contributed by atoms with van der Waals surface area (Å²) in [6.45, 7) is 9.10. The predicted molar refractivity (Wildman–Crippen MR) is 85.1 cm³/mol. The quantitative estimate of drug-likeness (QED) is 0.699. The van der Waals surface area contributed by atoms with Crippen molar-refractivity contribution in [3.05, 3.63) is 11.3 Å². The summed E-state index contributed by atoms with van der Waals surface area (Å²) in [6, 6.07) is 0.324. The van der Waals surface area contributed by atoms with E-state index in [2.05, 4.69) is 32.6 Å². The summed E-state index contributed by atoms with van der Waals surface area (Å²) in [5.74, 6) is 2.01. The van der Waals surface area contributed by atoms with E-state index in [1.54, 1.807) is 0 Å². The molecule has 1 fully saturated rings. The monoisotopic (exact) mass is 273 g/mol. The normalized spacial score (nSPS) is 33.6. The van der Waals surface area contributed by atoms with Gasteiger partial charge in [-0.25, -0.2) is 0 Å². The molecule has 2 unspecified atom stereocenters. The second kappa shape index (κ2) is 4.93. The number of fused-ring (bicyclic) bond motifs is 2. The summed E-state index contributed by atoms with van der Waals surface area (Å²) in [4.78, 5) is 14.4. The van der Waals surface area contributed by atoms with Crippen molar-refractivity contribution in [1.82, 2.24) is 4.90 Å². The molecule has 1 amide bonds. The summed E-state index contributed by atoms with van der Waals surface area (Å²) in [5, 5.41) is 0.622. The highest BCUT2D eigenvalue weighted by Crippen LogP contribution is 2.60. The number of allylic oxidation sites excluding steroid dienone is 1. The lowest BCUT2D eigenvalue weighted by atomic mass is 9.27. The molecule has 2 bridgehead atoms. The van der Waals surface area contributed by atoms with E-state index in [4.69, 9.17) is 0 Å². The molecule has 3 heteroatoms. The third-order valence-corrected chi connectivity index (χ3v) is 6.09. The largest absolute Gasteiger partial charge is 0.313 e. The van der Waals surface area contributed by atoms with Gasteiger partial charge in [0.05, 0.1) is 6.42 Å². The maximum Gasteiger partial charge on any atom is 0.231 e. The lowest BCUT2D eigenvalue weighted by molar-refractivity contribution is -0.128. The Bertz CT molecular complexity index is 446. The standard InChI is InChI=1S/C17H28BNO/c1-11(2)17-7-5-6-15-13(8-14(10-17)18-17)9-16(20)19(15)12(3)4/h11-12,14,18H,5-10H2,1-4H3. The SMILES string of the molecule is CC(C)N1C(=O)CC2=C1CCCC1(C(C)C)BC(C2)C1. The van der Waals surface area contributed by atoms with Crippen LogP contribution < -0.4 is 0 Å². The van der Waals surface area contributed by atoms with E-state index < -0.39 is 0 Å². The summed E-state index contributed by atoms with van der Waals surface area (Å²) in [7, 11) is 1.40. The van der Waals surface area contributed by atoms with Crippen LogP contribution in [0.5, 0.6) is 0 Å². The average molecular weight is 273 g/mol. The Hall–Kier alpha value is -0.725. The van der Waals surface area contributed by atoms with E-state index in [0.29, 0.717) is 23.7 Å². The highest BCUT2D eigenvalue weighted by Gasteiger charge is 2.48. The minimum atomic E-state index is 0.324. The van der Waals surface area contributed by atoms with Crippen molar-refractivity contribution in [3.8, 4) is 0 Å². The van der Waals surface area contributed by atoms with Crippen LogP contribution in [0.15, 0.2) is 11.3 Å². The Morgan fingerprint density at radius 1 is 1.30 bits per heavy atom. The number of amides is 1. The Labute approximate surface area is 124 Å². The molecule has 4 aliphatic rings. The number of carbonyl (C=O) groups is 1. The van der Waals surface area contributed by atoms with Gasteiger partial charge in [0.15, 0.2) is 0 Å². The van der Waals surface area contributed by atoms with E-state index in [1.807, 2.05) is 0 Å². The van der Waals surface area contributed by atoms with Gasteiger partial charge in [-0.2, -0.15) is 0 Å². The number of nitrogens with zero attached hydrogens (tertiary/aromatic N) is 1. The Morgan fingerprint density at radius 3 is 2.60 bits per heavy atom. The predicted octanol–water partition coefficient (Wildman–Crippen LogP) is 3.90. The van der Waals surface area contributed by atoms with Crippen LogP contribution in [0.1, 0.15) is 66.2 Å². The van der Waals surface area contributed by atoms with Crippen LogP contribution in [0.4, 0.5) is 0 Å². The van der Waals surface area contributed by atoms with Crippen molar-refractivity contribution >= 4 is 13.2 Å². The van der Waals surface area contributed by atoms with E-state index in [-0.39, 0.29) is 0 Å². The lowest BCUT2D eigenvalue weighted by Crippen LogP contribution is -2.40. The number of carbonyl (C=O) groups excluding carboxylic acids is 1. The third kappa shape index (κ3) is 2.14. The average Bonchev–Trinajstić information content (AvgIpc) is 2.65. The third-order valence-electron chi connectivity index (χ3n) is 6.09. The minimum absolute atomic E-state index is 0.324. The molecular formula is C17H28BNO. The van der Waals surface area contributed by atoms with Gasteiger partial charge in [0.2, 0.25) is 5.91 Å². The van der Waals surface area contributed by atoms with Crippen LogP contribution in [0.3, 0.4) is 0 Å². The van der Waals surface area contributed by atoms with Crippen molar-refractivity contribution in [2.45, 2.75) is 83.4 Å². The highest BCUT2D eigenvalue weighted by atomic mass is 16.2. The fraction of sp³-hybridized carbons (Fsp3) is 0.824. The summed E-state index contributed by atoms with van der Waals surface area (Å²) < 4.78 is 0. The molecule has 2 atom stereocenters. The molecule has 1 aliphatic carbocycles. The van der Waals surface area contributed by atoms with Crippen LogP contribution >= 0.6 is 0 Å². The van der Waals surface area contributed by atoms with Crippen LogP contribution in [0.25, 0.3) is 0 Å². The van der Waals surface area contributed by atoms with Crippen LogP contribution in [-0.2, 0) is 4.79 Å². The van der Waals surface area contributed by atoms with Gasteiger partial charge in [-0.1, -0.05) is 37.8 Å². The first kappa shape index (κ1) is 14.2. The Morgan fingerprint density at radius 2 is 2.00 bits per heavy atom. The van der Waals surface area contributed by atoms with Gasteiger partial charge >= 0.3 is 0 Å². The summed E-state index contributed by atoms with van der Waals surface area (Å²) >= 11 is 0. The van der Waals surface area contributed by atoms with Crippen molar-refractivity contribution in [2.75, 3.05) is 0 Å². The van der Waals surface area contributed by atoms with Gasteiger partial charge < -0.3 is 4.90 Å². The maximum atomic E-state index is 12.3. The summed E-state index contributed by atoms with van der Waals surface area (Å²) in [5.41, 5.74) is 2.88. The Balaban J connectivity index is 1.81. The first-order chi connectivity index (χ1) is 9.43. The van der Waals surface area contributed by atoms with Crippen molar-refractivity contribution in [2.24, 2.45) is 5.92 Å². The molecule has 3 aliphatic heterocycles. The van der Waals surface area contributed by atoms with Crippen molar-refractivity contribution < 1.29 is 4.79 Å². The Kier molecular flexibility index (Phi) is 3.50. The molecule has 0 radical (unpaired) electrons. The number of rotatable bonds is 2.